The lowest BCUT2D eigenvalue weighted by Gasteiger charge is -2.30. The second kappa shape index (κ2) is 4.87. The van der Waals surface area contributed by atoms with E-state index in [0.717, 1.165) is 30.7 Å². The Bertz CT molecular complexity index is 429. The maximum Gasteiger partial charge on any atom is 0.181 e. The van der Waals surface area contributed by atoms with Crippen molar-refractivity contribution in [2.45, 2.75) is 44.6 Å². The van der Waals surface area contributed by atoms with Crippen LogP contribution in [0, 0.1) is 23.5 Å². The van der Waals surface area contributed by atoms with Crippen molar-refractivity contribution in [3.8, 4) is 0 Å². The van der Waals surface area contributed by atoms with E-state index < -0.39 is 11.6 Å². The molecule has 1 nitrogen and oxygen atoms in total. The summed E-state index contributed by atoms with van der Waals surface area (Å²) in [4.78, 5) is 0. The number of rotatable bonds is 3. The van der Waals surface area contributed by atoms with Crippen molar-refractivity contribution in [2.24, 2.45) is 11.8 Å². The van der Waals surface area contributed by atoms with E-state index in [1.807, 2.05) is 0 Å². The van der Waals surface area contributed by atoms with Crippen molar-refractivity contribution in [1.29, 1.82) is 0 Å². The molecule has 2 saturated carbocycles. The lowest BCUT2D eigenvalue weighted by Crippen LogP contribution is -2.28. The van der Waals surface area contributed by atoms with E-state index in [9.17, 15) is 8.78 Å². The summed E-state index contributed by atoms with van der Waals surface area (Å²) in [5.41, 5.74) is 0.316. The van der Waals surface area contributed by atoms with Gasteiger partial charge in [0.05, 0.1) is 5.69 Å². The fraction of sp³-hybridized carbons (Fsp3) is 0.600. The SMILES string of the molecule is Fc1cccc(NC2CCCC(C3CC3)C2)c1F. The van der Waals surface area contributed by atoms with E-state index >= 15 is 0 Å². The van der Waals surface area contributed by atoms with E-state index in [4.69, 9.17) is 0 Å². The summed E-state index contributed by atoms with van der Waals surface area (Å²) in [6.45, 7) is 0. The average Bonchev–Trinajstić information content (AvgIpc) is 3.20. The molecule has 1 N–H and O–H groups in total. The highest BCUT2D eigenvalue weighted by Crippen LogP contribution is 2.44. The van der Waals surface area contributed by atoms with Crippen molar-refractivity contribution in [2.75, 3.05) is 5.32 Å². The third-order valence-corrected chi connectivity index (χ3v) is 4.31. The van der Waals surface area contributed by atoms with Gasteiger partial charge in [0.25, 0.3) is 0 Å². The van der Waals surface area contributed by atoms with Crippen LogP contribution in [0.2, 0.25) is 0 Å². The third-order valence-electron chi connectivity index (χ3n) is 4.31. The van der Waals surface area contributed by atoms with E-state index in [1.54, 1.807) is 12.1 Å². The minimum absolute atomic E-state index is 0.306. The highest BCUT2D eigenvalue weighted by molar-refractivity contribution is 5.45. The van der Waals surface area contributed by atoms with Crippen molar-refractivity contribution in [1.82, 2.24) is 0 Å². The summed E-state index contributed by atoms with van der Waals surface area (Å²) in [6.07, 6.45) is 7.43. The summed E-state index contributed by atoms with van der Waals surface area (Å²) in [5.74, 6) is 0.195. The van der Waals surface area contributed by atoms with Crippen LogP contribution in [0.15, 0.2) is 18.2 Å². The number of hydrogen-bond donors (Lipinski definition) is 1. The van der Waals surface area contributed by atoms with Gasteiger partial charge >= 0.3 is 0 Å². The first-order chi connectivity index (χ1) is 8.74. The molecule has 1 aromatic rings. The molecule has 2 aliphatic rings. The largest absolute Gasteiger partial charge is 0.380 e. The topological polar surface area (TPSA) is 12.0 Å². The van der Waals surface area contributed by atoms with E-state index in [-0.39, 0.29) is 0 Å². The van der Waals surface area contributed by atoms with Crippen LogP contribution < -0.4 is 5.32 Å². The molecule has 2 aliphatic carbocycles. The first kappa shape index (κ1) is 11.9. The molecule has 2 fully saturated rings. The Kier molecular flexibility index (Phi) is 3.23. The normalized spacial score (nSPS) is 28.1. The van der Waals surface area contributed by atoms with Crippen molar-refractivity contribution in [3.05, 3.63) is 29.8 Å². The minimum atomic E-state index is -0.769. The number of nitrogens with one attached hydrogen (secondary N) is 1. The standard InChI is InChI=1S/C15H19F2N/c16-13-5-2-6-14(15(13)17)18-12-4-1-3-11(9-12)10-7-8-10/h2,5-6,10-12,18H,1,3-4,7-9H2. The molecule has 0 aliphatic heterocycles. The molecule has 18 heavy (non-hydrogen) atoms. The van der Waals surface area contributed by atoms with Gasteiger partial charge in [-0.3, -0.25) is 0 Å². The molecule has 0 amide bonds. The smallest absolute Gasteiger partial charge is 0.181 e. The molecule has 1 aromatic carbocycles. The highest BCUT2D eigenvalue weighted by atomic mass is 19.2. The Morgan fingerprint density at radius 3 is 2.61 bits per heavy atom. The molecule has 0 bridgehead atoms. The van der Waals surface area contributed by atoms with Crippen LogP contribution in [0.1, 0.15) is 38.5 Å². The molecule has 0 spiro atoms. The molecule has 0 heterocycles. The van der Waals surface area contributed by atoms with Crippen molar-refractivity contribution < 1.29 is 8.78 Å². The lowest BCUT2D eigenvalue weighted by molar-refractivity contribution is 0.302. The van der Waals surface area contributed by atoms with Crippen molar-refractivity contribution >= 4 is 5.69 Å². The van der Waals surface area contributed by atoms with Crippen LogP contribution in [0.25, 0.3) is 0 Å². The zero-order valence-corrected chi connectivity index (χ0v) is 10.5. The average molecular weight is 251 g/mol. The molecule has 3 rings (SSSR count). The maximum atomic E-state index is 13.6. The monoisotopic (exact) mass is 251 g/mol. The van der Waals surface area contributed by atoms with Gasteiger partial charge < -0.3 is 5.32 Å². The molecular weight excluding hydrogens is 232 g/mol. The molecule has 3 heteroatoms. The molecule has 0 saturated heterocycles. The third kappa shape index (κ3) is 2.50. The molecule has 2 atom stereocenters. The Morgan fingerprint density at radius 2 is 1.83 bits per heavy atom. The van der Waals surface area contributed by atoms with Gasteiger partial charge in [0, 0.05) is 6.04 Å². The Hall–Kier alpha value is -1.12. The summed E-state index contributed by atoms with van der Waals surface area (Å²) >= 11 is 0. The van der Waals surface area contributed by atoms with E-state index in [1.165, 1.54) is 25.7 Å². The van der Waals surface area contributed by atoms with Gasteiger partial charge in [0.1, 0.15) is 0 Å². The predicted octanol–water partition coefficient (Wildman–Crippen LogP) is 4.35. The van der Waals surface area contributed by atoms with Gasteiger partial charge in [-0.2, -0.15) is 0 Å². The second-order valence-corrected chi connectivity index (χ2v) is 5.71. The van der Waals surface area contributed by atoms with Gasteiger partial charge in [-0.05, 0) is 49.7 Å². The zero-order chi connectivity index (χ0) is 12.5. The Labute approximate surface area is 107 Å². The fourth-order valence-electron chi connectivity index (χ4n) is 3.19. The molecule has 0 radical (unpaired) electrons. The van der Waals surface area contributed by atoms with Gasteiger partial charge in [-0.15, -0.1) is 0 Å². The zero-order valence-electron chi connectivity index (χ0n) is 10.5. The van der Waals surface area contributed by atoms with E-state index in [2.05, 4.69) is 5.32 Å². The first-order valence-electron chi connectivity index (χ1n) is 6.94. The summed E-state index contributed by atoms with van der Waals surface area (Å²) in [6, 6.07) is 4.65. The fourth-order valence-corrected chi connectivity index (χ4v) is 3.19. The maximum absolute atomic E-state index is 13.6. The van der Waals surface area contributed by atoms with Crippen LogP contribution in [-0.4, -0.2) is 6.04 Å². The van der Waals surface area contributed by atoms with Gasteiger partial charge in [0.2, 0.25) is 0 Å². The predicted molar refractivity (Wildman–Crippen MR) is 68.5 cm³/mol. The van der Waals surface area contributed by atoms with Gasteiger partial charge in [0.15, 0.2) is 11.6 Å². The summed E-state index contributed by atoms with van der Waals surface area (Å²) < 4.78 is 26.7. The lowest BCUT2D eigenvalue weighted by atomic mass is 9.82. The minimum Gasteiger partial charge on any atom is -0.380 e. The summed E-state index contributed by atoms with van der Waals surface area (Å²) in [5, 5.41) is 3.19. The first-order valence-corrected chi connectivity index (χ1v) is 6.94. The second-order valence-electron chi connectivity index (χ2n) is 5.71. The molecule has 0 aromatic heterocycles. The molecule has 98 valence electrons. The van der Waals surface area contributed by atoms with Gasteiger partial charge in [-0.1, -0.05) is 18.9 Å². The van der Waals surface area contributed by atoms with E-state index in [0.29, 0.717) is 11.7 Å². The Balaban J connectivity index is 1.66. The van der Waals surface area contributed by atoms with Gasteiger partial charge in [-0.25, -0.2) is 8.78 Å². The number of benzene rings is 1. The van der Waals surface area contributed by atoms with Crippen LogP contribution in [-0.2, 0) is 0 Å². The van der Waals surface area contributed by atoms with Crippen LogP contribution in [0.4, 0.5) is 14.5 Å². The quantitative estimate of drug-likeness (QED) is 0.842. The number of anilines is 1. The highest BCUT2D eigenvalue weighted by Gasteiger charge is 2.34. The molecular formula is C15H19F2N. The summed E-state index contributed by atoms with van der Waals surface area (Å²) in [7, 11) is 0. The number of halogens is 2. The van der Waals surface area contributed by atoms with Crippen LogP contribution in [0.3, 0.4) is 0 Å². The Morgan fingerprint density at radius 1 is 1.00 bits per heavy atom. The van der Waals surface area contributed by atoms with Crippen molar-refractivity contribution in [3.63, 3.8) is 0 Å². The van der Waals surface area contributed by atoms with Crippen LogP contribution >= 0.6 is 0 Å². The number of hydrogen-bond acceptors (Lipinski definition) is 1. The molecule has 2 unspecified atom stereocenters. The van der Waals surface area contributed by atoms with Crippen LogP contribution in [0.5, 0.6) is 0 Å².